The predicted octanol–water partition coefficient (Wildman–Crippen LogP) is 0.806. The van der Waals surface area contributed by atoms with E-state index in [0.717, 1.165) is 13.0 Å². The molecule has 1 aromatic rings. The van der Waals surface area contributed by atoms with Crippen LogP contribution in [0.3, 0.4) is 0 Å². The lowest BCUT2D eigenvalue weighted by Gasteiger charge is -1.99. The maximum atomic E-state index is 10.4. The number of oxazole rings is 1. The summed E-state index contributed by atoms with van der Waals surface area (Å²) in [6, 6.07) is 0. The fourth-order valence-corrected chi connectivity index (χ4v) is 1.47. The second-order valence-electron chi connectivity index (χ2n) is 3.30. The molecule has 0 radical (unpaired) electrons. The molecule has 0 bridgehead atoms. The van der Waals surface area contributed by atoms with E-state index in [1.807, 2.05) is 0 Å². The van der Waals surface area contributed by atoms with Crippen LogP contribution in [0.5, 0.6) is 0 Å². The van der Waals surface area contributed by atoms with Gasteiger partial charge in [-0.3, -0.25) is 4.79 Å². The monoisotopic (exact) mass is 197 g/mol. The van der Waals surface area contributed by atoms with Gasteiger partial charge in [-0.2, -0.15) is 0 Å². The second-order valence-corrected chi connectivity index (χ2v) is 3.30. The molecule has 1 N–H and O–H groups in total. The lowest BCUT2D eigenvalue weighted by atomic mass is 10.1. The normalized spacial score (nSPS) is 21.3. The van der Waals surface area contributed by atoms with Crippen molar-refractivity contribution >= 4 is 5.97 Å². The maximum Gasteiger partial charge on any atom is 0.311 e. The molecule has 2 heterocycles. The summed E-state index contributed by atoms with van der Waals surface area (Å²) in [4.78, 5) is 14.4. The van der Waals surface area contributed by atoms with Crippen molar-refractivity contribution in [1.82, 2.24) is 4.98 Å². The maximum absolute atomic E-state index is 10.4. The Kier molecular flexibility index (Phi) is 2.49. The molecular weight excluding hydrogens is 186 g/mol. The fourth-order valence-electron chi connectivity index (χ4n) is 1.47. The van der Waals surface area contributed by atoms with Crippen LogP contribution in [0.2, 0.25) is 0 Å². The summed E-state index contributed by atoms with van der Waals surface area (Å²) < 4.78 is 10.5. The summed E-state index contributed by atoms with van der Waals surface area (Å²) in [6.07, 6.45) is 2.26. The first-order valence-corrected chi connectivity index (χ1v) is 4.50. The molecule has 5 nitrogen and oxygen atoms in total. The highest BCUT2D eigenvalue weighted by Crippen LogP contribution is 2.24. The predicted molar refractivity (Wildman–Crippen MR) is 46.0 cm³/mol. The summed E-state index contributed by atoms with van der Waals surface area (Å²) in [6.45, 7) is 1.34. The van der Waals surface area contributed by atoms with Crippen LogP contribution in [0.15, 0.2) is 10.6 Å². The van der Waals surface area contributed by atoms with Crippen molar-refractivity contribution < 1.29 is 19.1 Å². The second kappa shape index (κ2) is 3.79. The molecule has 1 saturated heterocycles. The molecule has 0 aliphatic carbocycles. The average molecular weight is 197 g/mol. The largest absolute Gasteiger partial charge is 0.481 e. The molecule has 0 spiro atoms. The molecule has 76 valence electrons. The third-order valence-corrected chi connectivity index (χ3v) is 2.18. The Morgan fingerprint density at radius 3 is 3.21 bits per heavy atom. The smallest absolute Gasteiger partial charge is 0.311 e. The van der Waals surface area contributed by atoms with Crippen LogP contribution >= 0.6 is 0 Å². The van der Waals surface area contributed by atoms with Gasteiger partial charge in [-0.25, -0.2) is 4.98 Å². The Morgan fingerprint density at radius 2 is 2.57 bits per heavy atom. The summed E-state index contributed by atoms with van der Waals surface area (Å²) >= 11 is 0. The van der Waals surface area contributed by atoms with Gasteiger partial charge in [-0.05, 0) is 6.42 Å². The van der Waals surface area contributed by atoms with Crippen LogP contribution in [-0.4, -0.2) is 29.3 Å². The van der Waals surface area contributed by atoms with Gasteiger partial charge in [0.1, 0.15) is 12.2 Å². The van der Waals surface area contributed by atoms with Crippen LogP contribution in [0.4, 0.5) is 0 Å². The first-order chi connectivity index (χ1) is 6.75. The topological polar surface area (TPSA) is 72.6 Å². The van der Waals surface area contributed by atoms with Crippen molar-refractivity contribution in [3.8, 4) is 0 Å². The van der Waals surface area contributed by atoms with Gasteiger partial charge in [0, 0.05) is 6.61 Å². The zero-order chi connectivity index (χ0) is 9.97. The van der Waals surface area contributed by atoms with Crippen LogP contribution < -0.4 is 0 Å². The standard InChI is InChI=1S/C9H11NO4/c11-8(12)3-7-4-10-9(14-7)6-1-2-13-5-6/h4,6H,1-3,5H2,(H,11,12). The Bertz CT molecular complexity index is 327. The SMILES string of the molecule is O=C(O)Cc1cnc(C2CCOC2)o1. The number of hydrogen-bond donors (Lipinski definition) is 1. The molecule has 0 aromatic carbocycles. The third-order valence-electron chi connectivity index (χ3n) is 2.18. The Morgan fingerprint density at radius 1 is 1.71 bits per heavy atom. The van der Waals surface area contributed by atoms with Crippen molar-refractivity contribution in [2.24, 2.45) is 0 Å². The molecule has 5 heteroatoms. The summed E-state index contributed by atoms with van der Waals surface area (Å²) in [5, 5.41) is 8.53. The zero-order valence-corrected chi connectivity index (χ0v) is 7.60. The number of carbonyl (C=O) groups is 1. The molecule has 1 unspecified atom stereocenters. The minimum Gasteiger partial charge on any atom is -0.481 e. The third kappa shape index (κ3) is 1.93. The molecule has 1 aliphatic rings. The van der Waals surface area contributed by atoms with Gasteiger partial charge in [0.25, 0.3) is 0 Å². The van der Waals surface area contributed by atoms with Crippen molar-refractivity contribution in [3.63, 3.8) is 0 Å². The van der Waals surface area contributed by atoms with Crippen LogP contribution in [-0.2, 0) is 16.0 Å². The minimum absolute atomic E-state index is 0.111. The van der Waals surface area contributed by atoms with E-state index in [4.69, 9.17) is 14.3 Å². The molecule has 1 atom stereocenters. The molecular formula is C9H11NO4. The fraction of sp³-hybridized carbons (Fsp3) is 0.556. The highest BCUT2D eigenvalue weighted by atomic mass is 16.5. The number of nitrogens with zero attached hydrogens (tertiary/aromatic N) is 1. The van der Waals surface area contributed by atoms with Gasteiger partial charge in [0.15, 0.2) is 5.89 Å². The van der Waals surface area contributed by atoms with Gasteiger partial charge in [-0.1, -0.05) is 0 Å². The number of aromatic nitrogens is 1. The van der Waals surface area contributed by atoms with E-state index < -0.39 is 5.97 Å². The van der Waals surface area contributed by atoms with Crippen LogP contribution in [0.1, 0.15) is 24.0 Å². The van der Waals surface area contributed by atoms with E-state index in [0.29, 0.717) is 18.3 Å². The summed E-state index contributed by atoms with van der Waals surface area (Å²) in [5.74, 6) is 0.283. The van der Waals surface area contributed by atoms with Crippen molar-refractivity contribution in [3.05, 3.63) is 17.8 Å². The van der Waals surface area contributed by atoms with Gasteiger partial charge >= 0.3 is 5.97 Å². The molecule has 14 heavy (non-hydrogen) atoms. The van der Waals surface area contributed by atoms with E-state index >= 15 is 0 Å². The van der Waals surface area contributed by atoms with Gasteiger partial charge in [0.05, 0.1) is 18.7 Å². The highest BCUT2D eigenvalue weighted by Gasteiger charge is 2.22. The van der Waals surface area contributed by atoms with Crippen molar-refractivity contribution in [2.45, 2.75) is 18.8 Å². The van der Waals surface area contributed by atoms with Gasteiger partial charge < -0.3 is 14.3 Å². The van der Waals surface area contributed by atoms with E-state index in [9.17, 15) is 4.79 Å². The Labute approximate surface area is 80.7 Å². The first-order valence-electron chi connectivity index (χ1n) is 4.50. The first kappa shape index (κ1) is 9.21. The lowest BCUT2D eigenvalue weighted by Crippen LogP contribution is -1.99. The Balaban J connectivity index is 2.05. The summed E-state index contributed by atoms with van der Waals surface area (Å²) in [7, 11) is 0. The summed E-state index contributed by atoms with van der Waals surface area (Å²) in [5.41, 5.74) is 0. The Hall–Kier alpha value is -1.36. The quantitative estimate of drug-likeness (QED) is 0.776. The lowest BCUT2D eigenvalue weighted by molar-refractivity contribution is -0.136. The van der Waals surface area contributed by atoms with E-state index in [1.54, 1.807) is 0 Å². The number of hydrogen-bond acceptors (Lipinski definition) is 4. The molecule has 2 rings (SSSR count). The number of ether oxygens (including phenoxy) is 1. The van der Waals surface area contributed by atoms with E-state index in [2.05, 4.69) is 4.98 Å². The van der Waals surface area contributed by atoms with E-state index in [-0.39, 0.29) is 12.3 Å². The molecule has 0 saturated carbocycles. The number of carboxylic acid groups (broad SMARTS) is 1. The number of rotatable bonds is 3. The van der Waals surface area contributed by atoms with Crippen LogP contribution in [0.25, 0.3) is 0 Å². The van der Waals surface area contributed by atoms with Crippen molar-refractivity contribution in [1.29, 1.82) is 0 Å². The van der Waals surface area contributed by atoms with Crippen molar-refractivity contribution in [2.75, 3.05) is 13.2 Å². The number of aliphatic carboxylic acids is 1. The molecule has 1 aliphatic heterocycles. The van der Waals surface area contributed by atoms with Gasteiger partial charge in [-0.15, -0.1) is 0 Å². The van der Waals surface area contributed by atoms with E-state index in [1.165, 1.54) is 6.20 Å². The molecule has 1 aromatic heterocycles. The molecule has 1 fully saturated rings. The van der Waals surface area contributed by atoms with Crippen LogP contribution in [0, 0.1) is 0 Å². The van der Waals surface area contributed by atoms with Gasteiger partial charge in [0.2, 0.25) is 0 Å². The highest BCUT2D eigenvalue weighted by molar-refractivity contribution is 5.69. The zero-order valence-electron chi connectivity index (χ0n) is 7.60. The molecule has 0 amide bonds. The average Bonchev–Trinajstić information content (AvgIpc) is 2.69. The minimum atomic E-state index is -0.907. The number of carboxylic acids is 1.